The molecule has 138 valence electrons. The minimum absolute atomic E-state index is 0.279. The van der Waals surface area contributed by atoms with Crippen molar-refractivity contribution in [2.45, 2.75) is 13.0 Å². The number of nitrogens with zero attached hydrogens (tertiary/aromatic N) is 4. The average molecular weight is 370 g/mol. The predicted octanol–water partition coefficient (Wildman–Crippen LogP) is 3.26. The van der Waals surface area contributed by atoms with Gasteiger partial charge >= 0.3 is 0 Å². The van der Waals surface area contributed by atoms with Crippen LogP contribution in [0, 0.1) is 0 Å². The van der Waals surface area contributed by atoms with Crippen LogP contribution in [0.3, 0.4) is 0 Å². The second-order valence-corrected chi connectivity index (χ2v) is 6.95. The van der Waals surface area contributed by atoms with Gasteiger partial charge in [0, 0.05) is 43.1 Å². The van der Waals surface area contributed by atoms with Gasteiger partial charge in [0.15, 0.2) is 5.65 Å². The van der Waals surface area contributed by atoms with Gasteiger partial charge in [-0.2, -0.15) is 0 Å². The molecule has 6 nitrogen and oxygen atoms in total. The summed E-state index contributed by atoms with van der Waals surface area (Å²) in [6, 6.07) is 15.7. The van der Waals surface area contributed by atoms with Gasteiger partial charge in [0.25, 0.3) is 5.56 Å². The number of hydrogen-bond donors (Lipinski definition) is 1. The molecule has 3 aromatic heterocycles. The molecule has 4 aromatic rings. The highest BCUT2D eigenvalue weighted by Gasteiger charge is 2.21. The van der Waals surface area contributed by atoms with Gasteiger partial charge < -0.3 is 10.1 Å². The Morgan fingerprint density at radius 3 is 2.64 bits per heavy atom. The summed E-state index contributed by atoms with van der Waals surface area (Å²) in [5.74, 6) is 0. The van der Waals surface area contributed by atoms with Crippen molar-refractivity contribution in [3.8, 4) is 11.1 Å². The minimum atomic E-state index is -0.475. The molecule has 0 fully saturated rings. The zero-order chi connectivity index (χ0) is 19.1. The van der Waals surface area contributed by atoms with Crippen molar-refractivity contribution in [2.75, 3.05) is 11.4 Å². The molecule has 0 aliphatic carbocycles. The van der Waals surface area contributed by atoms with Gasteiger partial charge in [-0.1, -0.05) is 12.1 Å². The van der Waals surface area contributed by atoms with E-state index in [9.17, 15) is 10.0 Å². The first kappa shape index (κ1) is 16.5. The third-order valence-corrected chi connectivity index (χ3v) is 5.31. The van der Waals surface area contributed by atoms with Crippen LogP contribution in [0.2, 0.25) is 0 Å². The number of rotatable bonds is 2. The van der Waals surface area contributed by atoms with Crippen LogP contribution in [0.5, 0.6) is 0 Å². The van der Waals surface area contributed by atoms with Crippen molar-refractivity contribution in [3.63, 3.8) is 0 Å². The normalized spacial score (nSPS) is 13.5. The molecule has 6 heteroatoms. The number of aromatic nitrogens is 3. The predicted molar refractivity (Wildman–Crippen MR) is 108 cm³/mol. The molecule has 0 saturated carbocycles. The molecule has 28 heavy (non-hydrogen) atoms. The third-order valence-electron chi connectivity index (χ3n) is 5.31. The lowest BCUT2D eigenvalue weighted by Crippen LogP contribution is -2.32. The summed E-state index contributed by atoms with van der Waals surface area (Å²) in [4.78, 5) is 22.7. The number of anilines is 1. The quantitative estimate of drug-likeness (QED) is 0.549. The molecular weight excluding hydrogens is 352 g/mol. The number of pyridine rings is 3. The third kappa shape index (κ3) is 2.70. The number of hydrogen-bond acceptors (Lipinski definition) is 5. The lowest BCUT2D eigenvalue weighted by atomic mass is 9.94. The fraction of sp³-hybridized carbons (Fsp3) is 0.136. The Morgan fingerprint density at radius 2 is 1.79 bits per heavy atom. The Hall–Kier alpha value is -3.67. The van der Waals surface area contributed by atoms with Crippen molar-refractivity contribution in [1.29, 1.82) is 0 Å². The van der Waals surface area contributed by atoms with Crippen LogP contribution >= 0.6 is 0 Å². The maximum Gasteiger partial charge on any atom is 0.286 e. The second-order valence-electron chi connectivity index (χ2n) is 6.95. The Morgan fingerprint density at radius 1 is 0.929 bits per heavy atom. The summed E-state index contributed by atoms with van der Waals surface area (Å²) in [6.45, 7) is 1.51. The Balaban J connectivity index is 1.57. The minimum Gasteiger partial charge on any atom is -0.423 e. The Kier molecular flexibility index (Phi) is 3.83. The van der Waals surface area contributed by atoms with E-state index in [1.807, 2.05) is 24.3 Å². The van der Waals surface area contributed by atoms with Crippen LogP contribution in [-0.2, 0) is 13.0 Å². The van der Waals surface area contributed by atoms with E-state index < -0.39 is 5.56 Å². The first-order chi connectivity index (χ1) is 13.7. The van der Waals surface area contributed by atoms with Crippen LogP contribution in [0.1, 0.15) is 11.1 Å². The van der Waals surface area contributed by atoms with E-state index in [1.165, 1.54) is 17.2 Å². The molecule has 5 rings (SSSR count). The number of fused-ring (bicyclic) bond motifs is 2. The van der Waals surface area contributed by atoms with Crippen molar-refractivity contribution in [3.05, 3.63) is 88.6 Å². The topological polar surface area (TPSA) is 71.2 Å². The molecule has 0 radical (unpaired) electrons. The lowest BCUT2D eigenvalue weighted by molar-refractivity contribution is 0.186. The van der Waals surface area contributed by atoms with E-state index in [0.717, 1.165) is 35.2 Å². The molecule has 0 saturated heterocycles. The molecule has 0 amide bonds. The van der Waals surface area contributed by atoms with Gasteiger partial charge in [0.1, 0.15) is 0 Å². The monoisotopic (exact) mass is 370 g/mol. The highest BCUT2D eigenvalue weighted by Crippen LogP contribution is 2.31. The zero-order valence-electron chi connectivity index (χ0n) is 15.1. The Bertz CT molecular complexity index is 1230. The number of benzene rings is 1. The van der Waals surface area contributed by atoms with Crippen LogP contribution in [0.25, 0.3) is 22.2 Å². The van der Waals surface area contributed by atoms with Gasteiger partial charge in [0.05, 0.1) is 5.69 Å². The van der Waals surface area contributed by atoms with Crippen LogP contribution in [0.4, 0.5) is 5.69 Å². The lowest BCUT2D eigenvalue weighted by Gasteiger charge is -2.31. The Labute approximate surface area is 161 Å². The standard InChI is InChI=1S/C22H18N4O2/c27-21-13-20(19-2-1-8-24-22(19)26(21)28)25-11-7-15-3-4-17(12-18(15)14-25)16-5-9-23-10-6-16/h1-6,8-10,12-13,28H,7,11,14H2. The summed E-state index contributed by atoms with van der Waals surface area (Å²) in [6.07, 6.45) is 6.06. The van der Waals surface area contributed by atoms with Crippen molar-refractivity contribution >= 4 is 16.7 Å². The highest BCUT2D eigenvalue weighted by molar-refractivity contribution is 5.89. The van der Waals surface area contributed by atoms with Gasteiger partial charge in [-0.3, -0.25) is 9.78 Å². The van der Waals surface area contributed by atoms with Gasteiger partial charge in [-0.25, -0.2) is 4.98 Å². The molecule has 1 aliphatic heterocycles. The largest absolute Gasteiger partial charge is 0.423 e. The van der Waals surface area contributed by atoms with E-state index in [4.69, 9.17) is 0 Å². The van der Waals surface area contributed by atoms with Crippen molar-refractivity contribution in [2.24, 2.45) is 0 Å². The van der Waals surface area contributed by atoms with E-state index in [1.54, 1.807) is 18.6 Å². The van der Waals surface area contributed by atoms with Crippen molar-refractivity contribution in [1.82, 2.24) is 14.7 Å². The van der Waals surface area contributed by atoms with Crippen LogP contribution in [-0.4, -0.2) is 26.5 Å². The van der Waals surface area contributed by atoms with Gasteiger partial charge in [0.2, 0.25) is 0 Å². The molecule has 0 spiro atoms. The molecule has 4 heterocycles. The average Bonchev–Trinajstić information content (AvgIpc) is 2.76. The maximum absolute atomic E-state index is 12.2. The van der Waals surface area contributed by atoms with Crippen molar-refractivity contribution < 1.29 is 5.21 Å². The van der Waals surface area contributed by atoms with Gasteiger partial charge in [-0.05, 0) is 59.0 Å². The molecule has 0 unspecified atom stereocenters. The van der Waals surface area contributed by atoms with E-state index in [2.05, 4.69) is 33.1 Å². The fourth-order valence-corrected chi connectivity index (χ4v) is 3.87. The molecule has 0 atom stereocenters. The molecule has 1 N–H and O–H groups in total. The summed E-state index contributed by atoms with van der Waals surface area (Å²) in [5.41, 5.74) is 5.46. The SMILES string of the molecule is O=c1cc(N2CCc3ccc(-c4ccncc4)cc3C2)c2cccnc2n1O. The summed E-state index contributed by atoms with van der Waals surface area (Å²) in [7, 11) is 0. The first-order valence-electron chi connectivity index (χ1n) is 9.18. The van der Waals surface area contributed by atoms with Crippen LogP contribution < -0.4 is 10.5 Å². The van der Waals surface area contributed by atoms with E-state index in [0.29, 0.717) is 11.3 Å². The zero-order valence-corrected chi connectivity index (χ0v) is 15.1. The first-order valence-corrected chi connectivity index (χ1v) is 9.18. The fourth-order valence-electron chi connectivity index (χ4n) is 3.87. The summed E-state index contributed by atoms with van der Waals surface area (Å²) < 4.78 is 0.609. The highest BCUT2D eigenvalue weighted by atomic mass is 16.5. The molecule has 0 bridgehead atoms. The molecule has 1 aliphatic rings. The smallest absolute Gasteiger partial charge is 0.286 e. The molecule has 1 aromatic carbocycles. The summed E-state index contributed by atoms with van der Waals surface area (Å²) >= 11 is 0. The molecular formula is C22H18N4O2. The van der Waals surface area contributed by atoms with Crippen LogP contribution in [0.15, 0.2) is 71.9 Å². The summed E-state index contributed by atoms with van der Waals surface area (Å²) in [5, 5.41) is 10.8. The van der Waals surface area contributed by atoms with E-state index >= 15 is 0 Å². The maximum atomic E-state index is 12.2. The van der Waals surface area contributed by atoms with E-state index in [-0.39, 0.29) is 5.65 Å². The van der Waals surface area contributed by atoms with Gasteiger partial charge in [-0.15, -0.1) is 4.73 Å². The second kappa shape index (κ2) is 6.49.